The Bertz CT molecular complexity index is 710. The first kappa shape index (κ1) is 15.6. The van der Waals surface area contributed by atoms with Gasteiger partial charge in [0.2, 0.25) is 0 Å². The van der Waals surface area contributed by atoms with Gasteiger partial charge in [0.15, 0.2) is 0 Å². The molecule has 0 bridgehead atoms. The summed E-state index contributed by atoms with van der Waals surface area (Å²) in [6.45, 7) is 0.617. The lowest BCUT2D eigenvalue weighted by Crippen LogP contribution is -2.01. The van der Waals surface area contributed by atoms with Gasteiger partial charge < -0.3 is 5.32 Å². The van der Waals surface area contributed by atoms with Crippen molar-refractivity contribution in [3.05, 3.63) is 64.2 Å². The molecule has 3 nitrogen and oxygen atoms in total. The Morgan fingerprint density at radius 1 is 1.29 bits per heavy atom. The lowest BCUT2D eigenvalue weighted by Gasteiger charge is -2.10. The molecule has 0 radical (unpaired) electrons. The highest BCUT2D eigenvalue weighted by atomic mass is 35.5. The number of benzene rings is 2. The molecular weight excluding hydrogens is 304 g/mol. The van der Waals surface area contributed by atoms with Gasteiger partial charge in [-0.1, -0.05) is 23.7 Å². The van der Waals surface area contributed by atoms with Crippen LogP contribution in [0.4, 0.5) is 5.69 Å². The second-order valence-electron chi connectivity index (χ2n) is 4.69. The van der Waals surface area contributed by atoms with Gasteiger partial charge in [-0.25, -0.2) is 0 Å². The number of rotatable bonds is 5. The Hall–Kier alpha value is -1.83. The fourth-order valence-corrected chi connectivity index (χ4v) is 2.91. The molecule has 2 rings (SSSR count). The SMILES string of the molecule is CS(=O)Cc1cc(NCc2cccc(C#N)c2)ccc1Cl. The maximum atomic E-state index is 11.3. The van der Waals surface area contributed by atoms with Gasteiger partial charge >= 0.3 is 0 Å². The summed E-state index contributed by atoms with van der Waals surface area (Å²) in [7, 11) is -0.928. The van der Waals surface area contributed by atoms with Crippen molar-refractivity contribution in [1.29, 1.82) is 5.26 Å². The molecule has 1 atom stereocenters. The van der Waals surface area contributed by atoms with E-state index in [1.54, 1.807) is 18.4 Å². The molecule has 1 unspecified atom stereocenters. The molecule has 1 N–H and O–H groups in total. The number of hydrogen-bond acceptors (Lipinski definition) is 3. The van der Waals surface area contributed by atoms with E-state index in [9.17, 15) is 4.21 Å². The van der Waals surface area contributed by atoms with Crippen molar-refractivity contribution < 1.29 is 4.21 Å². The summed E-state index contributed by atoms with van der Waals surface area (Å²) in [6.07, 6.45) is 1.66. The molecule has 0 spiro atoms. The van der Waals surface area contributed by atoms with Gasteiger partial charge in [0.05, 0.1) is 11.6 Å². The fraction of sp³-hybridized carbons (Fsp3) is 0.188. The molecule has 0 amide bonds. The first-order valence-electron chi connectivity index (χ1n) is 6.40. The van der Waals surface area contributed by atoms with Crippen LogP contribution < -0.4 is 5.32 Å². The smallest absolute Gasteiger partial charge is 0.0991 e. The maximum Gasteiger partial charge on any atom is 0.0991 e. The Labute approximate surface area is 132 Å². The highest BCUT2D eigenvalue weighted by molar-refractivity contribution is 7.83. The predicted octanol–water partition coefficient (Wildman–Crippen LogP) is 3.70. The van der Waals surface area contributed by atoms with Crippen LogP contribution in [0.15, 0.2) is 42.5 Å². The average Bonchev–Trinajstić information content (AvgIpc) is 2.48. The van der Waals surface area contributed by atoms with E-state index < -0.39 is 10.8 Å². The number of hydrogen-bond donors (Lipinski definition) is 1. The third-order valence-electron chi connectivity index (χ3n) is 2.96. The third kappa shape index (κ3) is 4.59. The predicted molar refractivity (Wildman–Crippen MR) is 87.7 cm³/mol. The molecule has 21 heavy (non-hydrogen) atoms. The minimum atomic E-state index is -0.928. The van der Waals surface area contributed by atoms with E-state index in [2.05, 4.69) is 11.4 Å². The van der Waals surface area contributed by atoms with Crippen molar-refractivity contribution in [3.8, 4) is 6.07 Å². The van der Waals surface area contributed by atoms with Crippen LogP contribution in [0.5, 0.6) is 0 Å². The minimum absolute atomic E-state index is 0.443. The summed E-state index contributed by atoms with van der Waals surface area (Å²) in [4.78, 5) is 0. The zero-order valence-corrected chi connectivity index (χ0v) is 13.2. The molecular formula is C16H15ClN2OS. The Morgan fingerprint density at radius 2 is 2.10 bits per heavy atom. The van der Waals surface area contributed by atoms with Crippen LogP contribution in [0.2, 0.25) is 5.02 Å². The lowest BCUT2D eigenvalue weighted by molar-refractivity contribution is 0.686. The number of nitrogens with zero attached hydrogens (tertiary/aromatic N) is 1. The van der Waals surface area contributed by atoms with Crippen LogP contribution in [0.3, 0.4) is 0 Å². The van der Waals surface area contributed by atoms with Gasteiger partial charge in [-0.15, -0.1) is 0 Å². The van der Waals surface area contributed by atoms with E-state index >= 15 is 0 Å². The van der Waals surface area contributed by atoms with Crippen molar-refractivity contribution in [3.63, 3.8) is 0 Å². The van der Waals surface area contributed by atoms with E-state index in [0.717, 1.165) is 16.8 Å². The van der Waals surface area contributed by atoms with E-state index in [0.29, 0.717) is 22.9 Å². The largest absolute Gasteiger partial charge is 0.381 e. The summed E-state index contributed by atoms with van der Waals surface area (Å²) >= 11 is 6.10. The molecule has 0 aliphatic rings. The van der Waals surface area contributed by atoms with Gasteiger partial charge in [0, 0.05) is 40.1 Å². The van der Waals surface area contributed by atoms with Gasteiger partial charge in [-0.2, -0.15) is 5.26 Å². The van der Waals surface area contributed by atoms with Crippen LogP contribution in [0.1, 0.15) is 16.7 Å². The molecule has 0 aliphatic carbocycles. The molecule has 0 fully saturated rings. The van der Waals surface area contributed by atoms with E-state index in [1.807, 2.05) is 30.3 Å². The number of nitrogens with one attached hydrogen (secondary N) is 1. The summed E-state index contributed by atoms with van der Waals surface area (Å²) in [6, 6.07) is 15.2. The van der Waals surface area contributed by atoms with E-state index in [4.69, 9.17) is 16.9 Å². The molecule has 2 aromatic rings. The molecule has 0 aliphatic heterocycles. The molecule has 0 heterocycles. The van der Waals surface area contributed by atoms with Crippen LogP contribution in [0, 0.1) is 11.3 Å². The fourth-order valence-electron chi connectivity index (χ4n) is 1.97. The Kier molecular flexibility index (Phi) is 5.38. The van der Waals surface area contributed by atoms with Gasteiger partial charge in [0.1, 0.15) is 0 Å². The standard InChI is InChI=1S/C16H15ClN2OS/c1-21(20)11-14-8-15(5-6-16(14)17)19-10-13-4-2-3-12(7-13)9-18/h2-8,19H,10-11H2,1H3. The van der Waals surface area contributed by atoms with E-state index in [1.165, 1.54) is 0 Å². The number of nitriles is 1. The van der Waals surface area contributed by atoms with Crippen molar-refractivity contribution in [1.82, 2.24) is 0 Å². The zero-order valence-electron chi connectivity index (χ0n) is 11.6. The van der Waals surface area contributed by atoms with Crippen molar-refractivity contribution in [2.24, 2.45) is 0 Å². The quantitative estimate of drug-likeness (QED) is 0.914. The molecule has 0 aromatic heterocycles. The van der Waals surface area contributed by atoms with Crippen LogP contribution in [-0.4, -0.2) is 10.5 Å². The van der Waals surface area contributed by atoms with Crippen LogP contribution >= 0.6 is 11.6 Å². The molecule has 2 aromatic carbocycles. The van der Waals surface area contributed by atoms with E-state index in [-0.39, 0.29) is 0 Å². The number of halogens is 1. The maximum absolute atomic E-state index is 11.3. The molecule has 0 saturated heterocycles. The molecule has 0 saturated carbocycles. The van der Waals surface area contributed by atoms with Gasteiger partial charge in [-0.05, 0) is 41.5 Å². The lowest BCUT2D eigenvalue weighted by atomic mass is 10.1. The number of anilines is 1. The molecule has 5 heteroatoms. The third-order valence-corrected chi connectivity index (χ3v) is 4.04. The van der Waals surface area contributed by atoms with Gasteiger partial charge in [-0.3, -0.25) is 4.21 Å². The highest BCUT2D eigenvalue weighted by Gasteiger charge is 2.04. The zero-order chi connectivity index (χ0) is 15.2. The average molecular weight is 319 g/mol. The first-order valence-corrected chi connectivity index (χ1v) is 8.50. The van der Waals surface area contributed by atoms with Crippen LogP contribution in [0.25, 0.3) is 0 Å². The molecule has 108 valence electrons. The monoisotopic (exact) mass is 318 g/mol. The summed E-state index contributed by atoms with van der Waals surface area (Å²) in [5, 5.41) is 12.8. The second-order valence-corrected chi connectivity index (χ2v) is 6.53. The van der Waals surface area contributed by atoms with Crippen molar-refractivity contribution in [2.45, 2.75) is 12.3 Å². The van der Waals surface area contributed by atoms with Crippen molar-refractivity contribution in [2.75, 3.05) is 11.6 Å². The van der Waals surface area contributed by atoms with Gasteiger partial charge in [0.25, 0.3) is 0 Å². The summed E-state index contributed by atoms with van der Waals surface area (Å²) in [5.74, 6) is 0.443. The highest BCUT2D eigenvalue weighted by Crippen LogP contribution is 2.22. The normalized spacial score (nSPS) is 11.7. The first-order chi connectivity index (χ1) is 10.1. The van der Waals surface area contributed by atoms with Crippen LogP contribution in [-0.2, 0) is 23.1 Å². The van der Waals surface area contributed by atoms with Crippen molar-refractivity contribution >= 4 is 28.1 Å². The Morgan fingerprint density at radius 3 is 2.81 bits per heavy atom. The minimum Gasteiger partial charge on any atom is -0.381 e. The topological polar surface area (TPSA) is 52.9 Å². The summed E-state index contributed by atoms with van der Waals surface area (Å²) in [5.41, 5.74) is 3.47. The second kappa shape index (κ2) is 7.26. The summed E-state index contributed by atoms with van der Waals surface area (Å²) < 4.78 is 11.3. The Balaban J connectivity index is 2.09.